The molecule has 3 rings (SSSR count). The van der Waals surface area contributed by atoms with Crippen LogP contribution < -0.4 is 10.5 Å². The van der Waals surface area contributed by atoms with Gasteiger partial charge in [-0.15, -0.1) is 0 Å². The molecule has 1 aliphatic rings. The zero-order valence-electron chi connectivity index (χ0n) is 14.3. The number of nitrogens with zero attached hydrogens (tertiary/aromatic N) is 3. The molecule has 1 fully saturated rings. The molecule has 1 aliphatic carbocycles. The molecule has 2 N–H and O–H groups in total. The van der Waals surface area contributed by atoms with Crippen molar-refractivity contribution >= 4 is 40.7 Å². The first kappa shape index (κ1) is 19.3. The molecule has 0 saturated heterocycles. The van der Waals surface area contributed by atoms with Crippen LogP contribution >= 0.6 is 23.2 Å². The van der Waals surface area contributed by atoms with Crippen molar-refractivity contribution in [1.82, 2.24) is 9.97 Å². The van der Waals surface area contributed by atoms with E-state index in [9.17, 15) is 9.18 Å². The molecule has 27 heavy (non-hydrogen) atoms. The van der Waals surface area contributed by atoms with Crippen molar-refractivity contribution in [3.8, 4) is 17.1 Å². The number of hydrogen-bond acceptors (Lipinski definition) is 7. The number of carbonyl (C=O) groups is 1. The molecular weight excluding hydrogens is 398 g/mol. The van der Waals surface area contributed by atoms with Crippen molar-refractivity contribution in [3.05, 3.63) is 33.7 Å². The smallest absolute Gasteiger partial charge is 0.385 e. The third-order valence-electron chi connectivity index (χ3n) is 4.00. The molecule has 10 heteroatoms. The Bertz CT molecular complexity index is 929. The number of rotatable bonds is 4. The molecule has 2 aromatic rings. The summed E-state index contributed by atoms with van der Waals surface area (Å²) in [5.74, 6) is -2.24. The van der Waals surface area contributed by atoms with Crippen molar-refractivity contribution in [1.29, 1.82) is 0 Å². The van der Waals surface area contributed by atoms with Gasteiger partial charge in [0.1, 0.15) is 10.8 Å². The minimum Gasteiger partial charge on any atom is -0.492 e. The molecule has 0 radical (unpaired) electrons. The van der Waals surface area contributed by atoms with Gasteiger partial charge in [-0.3, -0.25) is 0 Å². The second kappa shape index (κ2) is 8.06. The molecule has 0 unspecified atom stereocenters. The predicted molar refractivity (Wildman–Crippen MR) is 99.7 cm³/mol. The third kappa shape index (κ3) is 3.96. The molecule has 1 aromatic heterocycles. The number of nitrogen functional groups attached to an aromatic ring is 1. The molecule has 0 atom stereocenters. The van der Waals surface area contributed by atoms with Crippen LogP contribution in [-0.2, 0) is 4.84 Å². The Morgan fingerprint density at radius 3 is 2.63 bits per heavy atom. The van der Waals surface area contributed by atoms with E-state index in [0.29, 0.717) is 0 Å². The molecule has 1 heterocycles. The van der Waals surface area contributed by atoms with E-state index in [1.807, 2.05) is 0 Å². The highest BCUT2D eigenvalue weighted by Crippen LogP contribution is 2.35. The number of methoxy groups -OCH3 is 1. The number of hydrogen-bond donors (Lipinski definition) is 1. The molecule has 0 aliphatic heterocycles. The molecule has 1 saturated carbocycles. The van der Waals surface area contributed by atoms with E-state index in [1.54, 1.807) is 0 Å². The molecule has 7 nitrogen and oxygen atoms in total. The van der Waals surface area contributed by atoms with Crippen LogP contribution in [0.2, 0.25) is 10.0 Å². The van der Waals surface area contributed by atoms with Crippen molar-refractivity contribution in [2.75, 3.05) is 12.8 Å². The highest BCUT2D eigenvalue weighted by atomic mass is 35.5. The lowest BCUT2D eigenvalue weighted by atomic mass is 10.1. The fraction of sp³-hybridized carbons (Fsp3) is 0.294. The number of ether oxygens (including phenoxy) is 1. The van der Waals surface area contributed by atoms with Gasteiger partial charge in [-0.1, -0.05) is 28.4 Å². The summed E-state index contributed by atoms with van der Waals surface area (Å²) in [6.07, 6.45) is 3.54. The van der Waals surface area contributed by atoms with Gasteiger partial charge in [-0.25, -0.2) is 19.2 Å². The van der Waals surface area contributed by atoms with Crippen LogP contribution in [0.15, 0.2) is 17.3 Å². The van der Waals surface area contributed by atoms with E-state index >= 15 is 0 Å². The lowest BCUT2D eigenvalue weighted by Gasteiger charge is -2.10. The highest BCUT2D eigenvalue weighted by Gasteiger charge is 2.23. The fourth-order valence-corrected chi connectivity index (χ4v) is 3.02. The summed E-state index contributed by atoms with van der Waals surface area (Å²) < 4.78 is 19.6. The molecule has 0 spiro atoms. The van der Waals surface area contributed by atoms with Gasteiger partial charge in [0, 0.05) is 0 Å². The first-order chi connectivity index (χ1) is 12.9. The average molecular weight is 413 g/mol. The summed E-state index contributed by atoms with van der Waals surface area (Å²) >= 11 is 11.9. The maximum absolute atomic E-state index is 14.6. The van der Waals surface area contributed by atoms with Gasteiger partial charge in [-0.2, -0.15) is 0 Å². The van der Waals surface area contributed by atoms with Crippen LogP contribution in [-0.4, -0.2) is 28.8 Å². The monoisotopic (exact) mass is 412 g/mol. The van der Waals surface area contributed by atoms with Crippen molar-refractivity contribution in [2.24, 2.45) is 5.16 Å². The van der Waals surface area contributed by atoms with Gasteiger partial charge < -0.3 is 15.3 Å². The van der Waals surface area contributed by atoms with Gasteiger partial charge in [-0.05, 0) is 37.8 Å². The van der Waals surface area contributed by atoms with E-state index < -0.39 is 11.8 Å². The highest BCUT2D eigenvalue weighted by molar-refractivity contribution is 6.35. The van der Waals surface area contributed by atoms with Gasteiger partial charge in [0.25, 0.3) is 0 Å². The van der Waals surface area contributed by atoms with E-state index in [4.69, 9.17) is 38.5 Å². The number of oxime groups is 1. The molecule has 1 aromatic carbocycles. The standard InChI is InChI=1S/C17H15Cl2FN4O3/c1-26-14-10(18)7-6-9(12(14)20)16-22-13(11(19)15(21)23-16)17(25)27-24-8-4-2-3-5-8/h6-7H,2-5H2,1H3,(H2,21,22,23). The molecule has 0 bridgehead atoms. The zero-order chi connectivity index (χ0) is 19.6. The van der Waals surface area contributed by atoms with Gasteiger partial charge in [0.15, 0.2) is 23.1 Å². The van der Waals surface area contributed by atoms with Crippen LogP contribution in [0, 0.1) is 5.82 Å². The Labute approximate surface area is 164 Å². The zero-order valence-corrected chi connectivity index (χ0v) is 15.8. The first-order valence-electron chi connectivity index (χ1n) is 8.04. The number of anilines is 1. The van der Waals surface area contributed by atoms with Gasteiger partial charge in [0.2, 0.25) is 0 Å². The normalized spacial score (nSPS) is 13.6. The van der Waals surface area contributed by atoms with Crippen molar-refractivity contribution in [2.45, 2.75) is 25.7 Å². The number of aromatic nitrogens is 2. The summed E-state index contributed by atoms with van der Waals surface area (Å²) in [6, 6.07) is 2.76. The quantitative estimate of drug-likeness (QED) is 0.594. The van der Waals surface area contributed by atoms with Crippen molar-refractivity contribution in [3.63, 3.8) is 0 Å². The van der Waals surface area contributed by atoms with Crippen molar-refractivity contribution < 1.29 is 18.8 Å². The number of nitrogens with two attached hydrogens (primary N) is 1. The van der Waals surface area contributed by atoms with Crippen LogP contribution in [0.3, 0.4) is 0 Å². The molecular formula is C17H15Cl2FN4O3. The fourth-order valence-electron chi connectivity index (χ4n) is 2.64. The number of benzene rings is 1. The number of carbonyl (C=O) groups excluding carboxylic acids is 1. The Morgan fingerprint density at radius 1 is 1.26 bits per heavy atom. The van der Waals surface area contributed by atoms with Crippen LogP contribution in [0.4, 0.5) is 10.2 Å². The Morgan fingerprint density at radius 2 is 1.96 bits per heavy atom. The lowest BCUT2D eigenvalue weighted by Crippen LogP contribution is -2.11. The van der Waals surface area contributed by atoms with Gasteiger partial charge >= 0.3 is 5.97 Å². The lowest BCUT2D eigenvalue weighted by molar-refractivity contribution is 0.0508. The molecule has 0 amide bonds. The summed E-state index contributed by atoms with van der Waals surface area (Å²) in [7, 11) is 1.27. The largest absolute Gasteiger partial charge is 0.492 e. The number of halogens is 3. The SMILES string of the molecule is COc1c(Cl)ccc(-c2nc(N)c(Cl)c(C(=O)ON=C3CCCC3)n2)c1F. The topological polar surface area (TPSA) is 99.7 Å². The minimum atomic E-state index is -0.906. The van der Waals surface area contributed by atoms with Gasteiger partial charge in [0.05, 0.1) is 23.4 Å². The van der Waals surface area contributed by atoms with E-state index in [0.717, 1.165) is 31.4 Å². The summed E-state index contributed by atoms with van der Waals surface area (Å²) in [4.78, 5) is 25.2. The second-order valence-corrected chi connectivity index (χ2v) is 6.57. The summed E-state index contributed by atoms with van der Waals surface area (Å²) in [5.41, 5.74) is 6.18. The molecule has 142 valence electrons. The summed E-state index contributed by atoms with van der Waals surface area (Å²) in [5, 5.41) is 3.70. The van der Waals surface area contributed by atoms with E-state index in [1.165, 1.54) is 19.2 Å². The minimum absolute atomic E-state index is 0.0595. The van der Waals surface area contributed by atoms with Crippen LogP contribution in [0.5, 0.6) is 5.75 Å². The third-order valence-corrected chi connectivity index (χ3v) is 4.67. The van der Waals surface area contributed by atoms with Crippen LogP contribution in [0.25, 0.3) is 11.4 Å². The second-order valence-electron chi connectivity index (χ2n) is 5.78. The Balaban J connectivity index is 1.99. The Hall–Kier alpha value is -2.45. The predicted octanol–water partition coefficient (Wildman–Crippen LogP) is 4.27. The Kier molecular flexibility index (Phi) is 5.76. The maximum atomic E-state index is 14.6. The summed E-state index contributed by atoms with van der Waals surface area (Å²) in [6.45, 7) is 0. The maximum Gasteiger partial charge on any atom is 0.385 e. The van der Waals surface area contributed by atoms with E-state index in [2.05, 4.69) is 15.1 Å². The first-order valence-corrected chi connectivity index (χ1v) is 8.80. The van der Waals surface area contributed by atoms with Crippen LogP contribution in [0.1, 0.15) is 36.2 Å². The average Bonchev–Trinajstić information content (AvgIpc) is 3.16. The van der Waals surface area contributed by atoms with E-state index in [-0.39, 0.29) is 38.7 Å².